The number of aromatic amines is 1. The van der Waals surface area contributed by atoms with Crippen LogP contribution in [0.2, 0.25) is 0 Å². The third-order valence-electron chi connectivity index (χ3n) is 4.29. The molecule has 0 atom stereocenters. The summed E-state index contributed by atoms with van der Waals surface area (Å²) in [5.74, 6) is 1.23. The Labute approximate surface area is 147 Å². The predicted octanol–water partition coefficient (Wildman–Crippen LogP) is 3.49. The zero-order chi connectivity index (χ0) is 17.8. The van der Waals surface area contributed by atoms with Crippen molar-refractivity contribution >= 4 is 16.8 Å². The summed E-state index contributed by atoms with van der Waals surface area (Å²) in [5.41, 5.74) is 4.59. The van der Waals surface area contributed by atoms with Gasteiger partial charge in [-0.15, -0.1) is 0 Å². The molecule has 1 heterocycles. The monoisotopic (exact) mass is 338 g/mol. The zero-order valence-corrected chi connectivity index (χ0v) is 14.7. The Morgan fingerprint density at radius 2 is 1.80 bits per heavy atom. The average molecular weight is 338 g/mol. The van der Waals surface area contributed by atoms with E-state index >= 15 is 0 Å². The van der Waals surface area contributed by atoms with Crippen LogP contribution in [0.5, 0.6) is 11.5 Å². The van der Waals surface area contributed by atoms with Crippen LogP contribution in [0.1, 0.15) is 16.8 Å². The number of amides is 1. The van der Waals surface area contributed by atoms with E-state index in [2.05, 4.69) is 30.2 Å². The molecule has 5 heteroatoms. The van der Waals surface area contributed by atoms with Crippen molar-refractivity contribution < 1.29 is 14.3 Å². The van der Waals surface area contributed by atoms with Crippen molar-refractivity contribution in [3.63, 3.8) is 0 Å². The standard InChI is InChI=1S/C20H22N2O3/c1-13-14(2)22-19-9-4-15(10-18(13)19)11-21-20(23)12-25-17-7-5-16(24-3)6-8-17/h4-10,22H,11-12H2,1-3H3,(H,21,23). The molecule has 0 saturated carbocycles. The van der Waals surface area contributed by atoms with Crippen LogP contribution < -0.4 is 14.8 Å². The lowest BCUT2D eigenvalue weighted by atomic mass is 10.1. The summed E-state index contributed by atoms with van der Waals surface area (Å²) >= 11 is 0. The number of hydrogen-bond acceptors (Lipinski definition) is 3. The average Bonchev–Trinajstić information content (AvgIpc) is 2.92. The van der Waals surface area contributed by atoms with Crippen molar-refractivity contribution in [2.75, 3.05) is 13.7 Å². The minimum absolute atomic E-state index is 0.0170. The second-order valence-electron chi connectivity index (χ2n) is 6.00. The Kier molecular flexibility index (Phi) is 4.93. The first-order valence-corrected chi connectivity index (χ1v) is 8.18. The molecule has 3 aromatic rings. The van der Waals surface area contributed by atoms with Crippen molar-refractivity contribution in [1.82, 2.24) is 10.3 Å². The minimum atomic E-state index is -0.155. The molecule has 0 bridgehead atoms. The number of methoxy groups -OCH3 is 1. The van der Waals surface area contributed by atoms with Crippen molar-refractivity contribution in [1.29, 1.82) is 0 Å². The summed E-state index contributed by atoms with van der Waals surface area (Å²) in [6.45, 7) is 4.62. The summed E-state index contributed by atoms with van der Waals surface area (Å²) in [7, 11) is 1.61. The number of nitrogens with one attached hydrogen (secondary N) is 2. The summed E-state index contributed by atoms with van der Waals surface area (Å²) in [5, 5.41) is 4.08. The molecular weight excluding hydrogens is 316 g/mol. The normalized spacial score (nSPS) is 10.7. The number of aromatic nitrogens is 1. The van der Waals surface area contributed by atoms with E-state index in [0.717, 1.165) is 16.8 Å². The van der Waals surface area contributed by atoms with Crippen LogP contribution in [0.15, 0.2) is 42.5 Å². The molecule has 0 aliphatic heterocycles. The van der Waals surface area contributed by atoms with Crippen LogP contribution in [0, 0.1) is 13.8 Å². The predicted molar refractivity (Wildman–Crippen MR) is 98.1 cm³/mol. The highest BCUT2D eigenvalue weighted by Crippen LogP contribution is 2.22. The van der Waals surface area contributed by atoms with Gasteiger partial charge in [-0.2, -0.15) is 0 Å². The number of H-pyrrole nitrogens is 1. The summed E-state index contributed by atoms with van der Waals surface area (Å²) in [6.07, 6.45) is 0. The van der Waals surface area contributed by atoms with Crippen LogP contribution in [0.25, 0.3) is 10.9 Å². The fraction of sp³-hybridized carbons (Fsp3) is 0.250. The molecule has 1 amide bonds. The van der Waals surface area contributed by atoms with E-state index in [0.29, 0.717) is 12.3 Å². The molecule has 0 radical (unpaired) electrons. The molecule has 0 unspecified atom stereocenters. The lowest BCUT2D eigenvalue weighted by Crippen LogP contribution is -2.28. The van der Waals surface area contributed by atoms with Gasteiger partial charge < -0.3 is 19.8 Å². The van der Waals surface area contributed by atoms with E-state index in [9.17, 15) is 4.79 Å². The molecule has 0 spiro atoms. The van der Waals surface area contributed by atoms with Crippen molar-refractivity contribution in [3.05, 3.63) is 59.3 Å². The maximum atomic E-state index is 12.0. The first-order valence-electron chi connectivity index (χ1n) is 8.18. The molecule has 1 aromatic heterocycles. The number of aryl methyl sites for hydroxylation is 2. The van der Waals surface area contributed by atoms with E-state index in [1.165, 1.54) is 16.6 Å². The molecule has 2 N–H and O–H groups in total. The molecule has 130 valence electrons. The molecule has 5 nitrogen and oxygen atoms in total. The maximum Gasteiger partial charge on any atom is 0.258 e. The van der Waals surface area contributed by atoms with Gasteiger partial charge >= 0.3 is 0 Å². The van der Waals surface area contributed by atoms with Gasteiger partial charge in [-0.3, -0.25) is 4.79 Å². The van der Waals surface area contributed by atoms with Gasteiger partial charge in [-0.25, -0.2) is 0 Å². The van der Waals surface area contributed by atoms with Crippen LogP contribution in [0.4, 0.5) is 0 Å². The number of carbonyl (C=O) groups is 1. The Morgan fingerprint density at radius 1 is 1.08 bits per heavy atom. The van der Waals surface area contributed by atoms with E-state index in [-0.39, 0.29) is 12.5 Å². The summed E-state index contributed by atoms with van der Waals surface area (Å²) in [6, 6.07) is 13.3. The number of benzene rings is 2. The Balaban J connectivity index is 1.54. The van der Waals surface area contributed by atoms with E-state index in [4.69, 9.17) is 9.47 Å². The topological polar surface area (TPSA) is 63.4 Å². The smallest absolute Gasteiger partial charge is 0.258 e. The first kappa shape index (κ1) is 16.9. The third-order valence-corrected chi connectivity index (χ3v) is 4.29. The third kappa shape index (κ3) is 3.94. The zero-order valence-electron chi connectivity index (χ0n) is 14.7. The van der Waals surface area contributed by atoms with Gasteiger partial charge in [0, 0.05) is 23.1 Å². The Bertz CT molecular complexity index is 882. The van der Waals surface area contributed by atoms with Crippen molar-refractivity contribution in [3.8, 4) is 11.5 Å². The quantitative estimate of drug-likeness (QED) is 0.723. The lowest BCUT2D eigenvalue weighted by Gasteiger charge is -2.08. The highest BCUT2D eigenvalue weighted by Gasteiger charge is 2.07. The van der Waals surface area contributed by atoms with E-state index in [1.807, 2.05) is 12.1 Å². The molecule has 0 aliphatic rings. The van der Waals surface area contributed by atoms with Gasteiger partial charge in [-0.05, 0) is 61.4 Å². The van der Waals surface area contributed by atoms with Gasteiger partial charge in [0.05, 0.1) is 7.11 Å². The Morgan fingerprint density at radius 3 is 2.52 bits per heavy atom. The van der Waals surface area contributed by atoms with E-state index < -0.39 is 0 Å². The highest BCUT2D eigenvalue weighted by atomic mass is 16.5. The van der Waals surface area contributed by atoms with Crippen LogP contribution in [0.3, 0.4) is 0 Å². The van der Waals surface area contributed by atoms with Crippen molar-refractivity contribution in [2.45, 2.75) is 20.4 Å². The molecule has 2 aromatic carbocycles. The lowest BCUT2D eigenvalue weighted by molar-refractivity contribution is -0.123. The SMILES string of the molecule is COc1ccc(OCC(=O)NCc2ccc3[nH]c(C)c(C)c3c2)cc1. The second kappa shape index (κ2) is 7.30. The fourth-order valence-corrected chi connectivity index (χ4v) is 2.69. The second-order valence-corrected chi connectivity index (χ2v) is 6.00. The van der Waals surface area contributed by atoms with E-state index in [1.54, 1.807) is 31.4 Å². The van der Waals surface area contributed by atoms with Gasteiger partial charge in [-0.1, -0.05) is 6.07 Å². The molecule has 0 fully saturated rings. The largest absolute Gasteiger partial charge is 0.497 e. The number of carbonyl (C=O) groups excluding carboxylic acids is 1. The van der Waals surface area contributed by atoms with Crippen LogP contribution in [-0.2, 0) is 11.3 Å². The summed E-state index contributed by atoms with van der Waals surface area (Å²) < 4.78 is 10.6. The first-order chi connectivity index (χ1) is 12.1. The fourth-order valence-electron chi connectivity index (χ4n) is 2.69. The number of hydrogen-bond donors (Lipinski definition) is 2. The van der Waals surface area contributed by atoms with Crippen molar-refractivity contribution in [2.24, 2.45) is 0 Å². The molecular formula is C20H22N2O3. The molecule has 3 rings (SSSR count). The van der Waals surface area contributed by atoms with Gasteiger partial charge in [0.15, 0.2) is 6.61 Å². The molecule has 25 heavy (non-hydrogen) atoms. The number of rotatable bonds is 6. The number of fused-ring (bicyclic) bond motifs is 1. The van der Waals surface area contributed by atoms with Crippen LogP contribution >= 0.6 is 0 Å². The molecule has 0 saturated heterocycles. The van der Waals surface area contributed by atoms with Gasteiger partial charge in [0.2, 0.25) is 0 Å². The molecule has 0 aliphatic carbocycles. The Hall–Kier alpha value is -2.95. The van der Waals surface area contributed by atoms with Crippen LogP contribution in [-0.4, -0.2) is 24.6 Å². The number of ether oxygens (including phenoxy) is 2. The van der Waals surface area contributed by atoms with Gasteiger partial charge in [0.25, 0.3) is 5.91 Å². The highest BCUT2D eigenvalue weighted by molar-refractivity contribution is 5.85. The van der Waals surface area contributed by atoms with Gasteiger partial charge in [0.1, 0.15) is 11.5 Å². The maximum absolute atomic E-state index is 12.0. The summed E-state index contributed by atoms with van der Waals surface area (Å²) in [4.78, 5) is 15.3. The minimum Gasteiger partial charge on any atom is -0.497 e.